The van der Waals surface area contributed by atoms with Gasteiger partial charge in [0.1, 0.15) is 0 Å². The summed E-state index contributed by atoms with van der Waals surface area (Å²) < 4.78 is 20.0. The summed E-state index contributed by atoms with van der Waals surface area (Å²) in [5.41, 5.74) is 0. The number of fused-ring (bicyclic) bond motifs is 6. The van der Waals surface area contributed by atoms with Crippen LogP contribution in [-0.2, 0) is 9.22 Å². The first-order valence-corrected chi connectivity index (χ1v) is 12.8. The van der Waals surface area contributed by atoms with Crippen LogP contribution < -0.4 is 0 Å². The van der Waals surface area contributed by atoms with E-state index in [4.69, 9.17) is 9.22 Å². The molecule has 0 aromatic heterocycles. The molecule has 3 aliphatic heterocycles. The summed E-state index contributed by atoms with van der Waals surface area (Å²) >= 11 is -3.31. The monoisotopic (exact) mass is 365 g/mol. The third-order valence-corrected chi connectivity index (χ3v) is 12.8. The van der Waals surface area contributed by atoms with E-state index in [2.05, 4.69) is 32.6 Å². The second kappa shape index (κ2) is 6.39. The molecule has 5 heteroatoms. The van der Waals surface area contributed by atoms with Crippen LogP contribution in [0.15, 0.2) is 0 Å². The topological polar surface area (TPSA) is 30.9 Å². The van der Waals surface area contributed by atoms with Crippen LogP contribution in [0.2, 0.25) is 4.44 Å². The predicted molar refractivity (Wildman–Crippen MR) is 73.6 cm³/mol. The summed E-state index contributed by atoms with van der Waals surface area (Å²) in [6, 6.07) is 0. The molecule has 0 saturated carbocycles. The predicted octanol–water partition coefficient (Wildman–Crippen LogP) is 2.27. The molecule has 0 radical (unpaired) electrons. The van der Waals surface area contributed by atoms with Crippen LogP contribution in [0, 0.1) is 0 Å². The number of nitrogens with zero attached hydrogens (tertiary/aromatic N) is 1. The molecule has 2 unspecified atom stereocenters. The van der Waals surface area contributed by atoms with Crippen LogP contribution in [-0.4, -0.2) is 62.5 Å². The summed E-state index contributed by atoms with van der Waals surface area (Å²) in [7, 11) is 0. The van der Waals surface area contributed by atoms with E-state index >= 15 is 0 Å². The fourth-order valence-corrected chi connectivity index (χ4v) is 12.6. The Morgan fingerprint density at radius 3 is 1.78 bits per heavy atom. The van der Waals surface area contributed by atoms with Crippen LogP contribution in [0.5, 0.6) is 0 Å². The molecular formula is C13H27NO3Sn. The van der Waals surface area contributed by atoms with Gasteiger partial charge in [0.05, 0.1) is 0 Å². The molecule has 3 atom stereocenters. The van der Waals surface area contributed by atoms with Crippen molar-refractivity contribution in [1.82, 2.24) is 4.90 Å². The van der Waals surface area contributed by atoms with Gasteiger partial charge in [-0.3, -0.25) is 0 Å². The Morgan fingerprint density at radius 1 is 0.944 bits per heavy atom. The van der Waals surface area contributed by atoms with E-state index in [9.17, 15) is 0 Å². The summed E-state index contributed by atoms with van der Waals surface area (Å²) in [6.45, 7) is 11.7. The minimum absolute atomic E-state index is 0.248. The molecule has 2 bridgehead atoms. The van der Waals surface area contributed by atoms with Crippen LogP contribution >= 0.6 is 0 Å². The van der Waals surface area contributed by atoms with Gasteiger partial charge in [0, 0.05) is 0 Å². The Bertz CT molecular complexity index is 241. The third-order valence-electron chi connectivity index (χ3n) is 3.52. The summed E-state index contributed by atoms with van der Waals surface area (Å²) in [4.78, 5) is 2.41. The van der Waals surface area contributed by atoms with Crippen LogP contribution in [0.25, 0.3) is 0 Å². The molecule has 3 saturated heterocycles. The molecule has 106 valence electrons. The second-order valence-electron chi connectivity index (χ2n) is 5.79. The fourth-order valence-electron chi connectivity index (χ4n) is 3.00. The van der Waals surface area contributed by atoms with E-state index in [1.807, 2.05) is 0 Å². The summed E-state index contributed by atoms with van der Waals surface area (Å²) in [6.07, 6.45) is 3.08. The molecule has 18 heavy (non-hydrogen) atoms. The van der Waals surface area contributed by atoms with Gasteiger partial charge in [-0.2, -0.15) is 0 Å². The molecule has 3 aliphatic rings. The van der Waals surface area contributed by atoms with Gasteiger partial charge in [-0.1, -0.05) is 0 Å². The van der Waals surface area contributed by atoms with Crippen LogP contribution in [0.4, 0.5) is 0 Å². The normalized spacial score (nSPS) is 45.3. The van der Waals surface area contributed by atoms with Gasteiger partial charge >= 0.3 is 117 Å². The van der Waals surface area contributed by atoms with Gasteiger partial charge in [-0.25, -0.2) is 0 Å². The SMILES string of the molecule is CCC[CH2][Sn]12[O]C(C)CN(CC(C)[O]1)C[C@@H](C)[O]2. The van der Waals surface area contributed by atoms with Gasteiger partial charge in [0.2, 0.25) is 0 Å². The molecular weight excluding hydrogens is 337 g/mol. The minimum atomic E-state index is -3.31. The molecule has 0 spiro atoms. The molecule has 4 nitrogen and oxygen atoms in total. The Labute approximate surface area is 116 Å². The zero-order valence-corrected chi connectivity index (χ0v) is 15.0. The van der Waals surface area contributed by atoms with Gasteiger partial charge < -0.3 is 0 Å². The molecule has 3 fully saturated rings. The van der Waals surface area contributed by atoms with Gasteiger partial charge in [0.15, 0.2) is 0 Å². The number of rotatable bonds is 3. The Hall–Kier alpha value is 0.639. The zero-order chi connectivity index (χ0) is 13.2. The number of unbranched alkanes of at least 4 members (excludes halogenated alkanes) is 1. The molecule has 0 amide bonds. The number of hydrogen-bond acceptors (Lipinski definition) is 4. The van der Waals surface area contributed by atoms with Gasteiger partial charge in [0.25, 0.3) is 0 Å². The average Bonchev–Trinajstić information content (AvgIpc) is 2.21. The standard InChI is InChI=1S/C9H18NO3.C4H9.Sn/c1-7(11)4-10(5-8(2)12)6-9(3)13;1-3-4-2;/h7-9H,4-6H2,1-3H3;1,3-4H2,2H3;/q-3;;+3/t7-,8?,9?;;/m1../s1. The number of hydrogen-bond donors (Lipinski definition) is 0. The molecule has 3 heterocycles. The van der Waals surface area contributed by atoms with Crippen molar-refractivity contribution >= 4 is 19.6 Å². The van der Waals surface area contributed by atoms with Crippen molar-refractivity contribution < 1.29 is 9.22 Å². The molecule has 3 rings (SSSR count). The maximum atomic E-state index is 6.32. The first-order chi connectivity index (χ1) is 8.53. The zero-order valence-electron chi connectivity index (χ0n) is 12.1. The van der Waals surface area contributed by atoms with E-state index in [1.165, 1.54) is 6.42 Å². The summed E-state index contributed by atoms with van der Waals surface area (Å²) in [5.74, 6) is 0. The van der Waals surface area contributed by atoms with Crippen LogP contribution in [0.1, 0.15) is 40.5 Å². The van der Waals surface area contributed by atoms with Crippen molar-refractivity contribution in [1.29, 1.82) is 0 Å². The van der Waals surface area contributed by atoms with Crippen molar-refractivity contribution in [2.24, 2.45) is 0 Å². The first kappa shape index (κ1) is 15.0. The Kier molecular flexibility index (Phi) is 5.34. The van der Waals surface area contributed by atoms with Crippen LogP contribution in [0.3, 0.4) is 0 Å². The Morgan fingerprint density at radius 2 is 1.39 bits per heavy atom. The summed E-state index contributed by atoms with van der Waals surface area (Å²) in [5, 5.41) is 0. The molecule has 0 N–H and O–H groups in total. The molecule has 0 aromatic rings. The second-order valence-corrected chi connectivity index (χ2v) is 13.1. The average molecular weight is 364 g/mol. The van der Waals surface area contributed by atoms with Gasteiger partial charge in [-0.05, 0) is 0 Å². The van der Waals surface area contributed by atoms with Crippen molar-refractivity contribution in [3.05, 3.63) is 0 Å². The van der Waals surface area contributed by atoms with Crippen molar-refractivity contribution in [3.8, 4) is 0 Å². The molecule has 0 aliphatic carbocycles. The molecule has 0 aromatic carbocycles. The van der Waals surface area contributed by atoms with E-state index in [-0.39, 0.29) is 18.3 Å². The van der Waals surface area contributed by atoms with Crippen molar-refractivity contribution in [3.63, 3.8) is 0 Å². The third kappa shape index (κ3) is 3.82. The van der Waals surface area contributed by atoms with Crippen molar-refractivity contribution in [2.75, 3.05) is 19.6 Å². The van der Waals surface area contributed by atoms with E-state index in [1.54, 1.807) is 0 Å². The first-order valence-electron chi connectivity index (χ1n) is 7.29. The van der Waals surface area contributed by atoms with Gasteiger partial charge in [-0.15, -0.1) is 0 Å². The van der Waals surface area contributed by atoms with E-state index < -0.39 is 19.6 Å². The maximum absolute atomic E-state index is 6.32. The fraction of sp³-hybridized carbons (Fsp3) is 1.00. The van der Waals surface area contributed by atoms with E-state index in [0.29, 0.717) is 0 Å². The Balaban J connectivity index is 2.18. The van der Waals surface area contributed by atoms with Crippen molar-refractivity contribution in [2.45, 2.75) is 63.3 Å². The quantitative estimate of drug-likeness (QED) is 0.720. The van der Waals surface area contributed by atoms with E-state index in [0.717, 1.165) is 30.5 Å².